The van der Waals surface area contributed by atoms with Crippen LogP contribution in [0.2, 0.25) is 0 Å². The Morgan fingerprint density at radius 1 is 1.00 bits per heavy atom. The smallest absolute Gasteiger partial charge is 0.248 e. The van der Waals surface area contributed by atoms with Crippen LogP contribution in [0.25, 0.3) is 0 Å². The van der Waals surface area contributed by atoms with Gasteiger partial charge < -0.3 is 10.1 Å². The predicted molar refractivity (Wildman–Crippen MR) is 134 cm³/mol. The molecule has 2 aromatic rings. The van der Waals surface area contributed by atoms with Crippen molar-refractivity contribution in [2.24, 2.45) is 5.92 Å². The number of amides is 2. The zero-order valence-corrected chi connectivity index (χ0v) is 20.3. The van der Waals surface area contributed by atoms with Crippen LogP contribution in [0.1, 0.15) is 46.3 Å². The van der Waals surface area contributed by atoms with Crippen molar-refractivity contribution in [2.75, 3.05) is 31.6 Å². The van der Waals surface area contributed by atoms with Gasteiger partial charge in [0, 0.05) is 55.8 Å². The Balaban J connectivity index is 1.10. The first-order chi connectivity index (χ1) is 17.5. The number of Topliss-reactive ketones (excluding diaryl/α,β-unsaturated/α-hetero) is 1. The zero-order chi connectivity index (χ0) is 24.7. The van der Waals surface area contributed by atoms with Crippen LogP contribution in [0.4, 0.5) is 5.69 Å². The van der Waals surface area contributed by atoms with Gasteiger partial charge in [-0.05, 0) is 42.0 Å². The third-order valence-corrected chi connectivity index (χ3v) is 8.17. The van der Waals surface area contributed by atoms with Gasteiger partial charge in [0.15, 0.2) is 5.78 Å². The van der Waals surface area contributed by atoms with Crippen LogP contribution >= 0.6 is 0 Å². The molecule has 3 aliphatic heterocycles. The van der Waals surface area contributed by atoms with Crippen LogP contribution < -0.4 is 16.0 Å². The number of rotatable bonds is 6. The largest absolute Gasteiger partial charge is 0.381 e. The molecule has 1 aliphatic carbocycles. The van der Waals surface area contributed by atoms with Gasteiger partial charge >= 0.3 is 0 Å². The molecular formula is C28H32N4O4. The number of imide groups is 1. The third-order valence-electron chi connectivity index (χ3n) is 8.17. The van der Waals surface area contributed by atoms with Crippen molar-refractivity contribution in [3.63, 3.8) is 0 Å². The van der Waals surface area contributed by atoms with Gasteiger partial charge in [-0.25, -0.2) is 0 Å². The summed E-state index contributed by atoms with van der Waals surface area (Å²) in [5, 5.41) is 9.24. The van der Waals surface area contributed by atoms with Gasteiger partial charge in [0.2, 0.25) is 11.8 Å². The molecule has 0 bridgehead atoms. The lowest BCUT2D eigenvalue weighted by Gasteiger charge is -2.27. The number of fused-ring (bicyclic) bond motifs is 1. The van der Waals surface area contributed by atoms with Gasteiger partial charge in [0.1, 0.15) is 5.54 Å². The summed E-state index contributed by atoms with van der Waals surface area (Å²) in [7, 11) is 0. The van der Waals surface area contributed by atoms with Crippen LogP contribution in [0, 0.1) is 5.92 Å². The SMILES string of the molecule is O=C1CC[C@]2(NC2C2CCc3c(NCc4ccc(CN5CCOCC5)cc4)cccc3C2=O)C(=O)N1. The number of nitrogens with one attached hydrogen (secondary N) is 3. The third kappa shape index (κ3) is 4.34. The molecule has 0 aromatic heterocycles. The number of carbonyl (C=O) groups excluding carboxylic acids is 3. The van der Waals surface area contributed by atoms with E-state index in [1.54, 1.807) is 0 Å². The second-order valence-electron chi connectivity index (χ2n) is 10.4. The number of carbonyl (C=O) groups is 3. The summed E-state index contributed by atoms with van der Waals surface area (Å²) in [6.07, 6.45) is 2.25. The highest BCUT2D eigenvalue weighted by Gasteiger charge is 2.65. The predicted octanol–water partition coefficient (Wildman–Crippen LogP) is 2.02. The standard InChI is InChI=1S/C28H32N4O4/c33-24-10-11-28(27(35)30-24)26(31-28)22-9-8-20-21(25(22)34)2-1-3-23(20)29-16-18-4-6-19(7-5-18)17-32-12-14-36-15-13-32/h1-7,22,26,29,31H,8-17H2,(H,30,33,35)/t22?,26?,28-/m1/s1. The average Bonchev–Trinajstić information content (AvgIpc) is 3.62. The Morgan fingerprint density at radius 2 is 1.78 bits per heavy atom. The first-order valence-electron chi connectivity index (χ1n) is 12.9. The number of ketones is 1. The molecule has 1 spiro atoms. The van der Waals surface area contributed by atoms with Crippen LogP contribution in [0.15, 0.2) is 42.5 Å². The minimum atomic E-state index is -0.754. The summed E-state index contributed by atoms with van der Waals surface area (Å²) < 4.78 is 5.43. The van der Waals surface area contributed by atoms with E-state index >= 15 is 0 Å². The van der Waals surface area contributed by atoms with Gasteiger partial charge in [-0.1, -0.05) is 36.4 Å². The zero-order valence-electron chi connectivity index (χ0n) is 20.3. The molecule has 2 unspecified atom stereocenters. The van der Waals surface area contributed by atoms with E-state index < -0.39 is 5.54 Å². The molecule has 0 saturated carbocycles. The molecule has 4 aliphatic rings. The summed E-state index contributed by atoms with van der Waals surface area (Å²) in [5.41, 5.74) is 4.54. The molecule has 3 saturated heterocycles. The molecule has 3 heterocycles. The topological polar surface area (TPSA) is 110 Å². The Labute approximate surface area is 210 Å². The quantitative estimate of drug-likeness (QED) is 0.422. The highest BCUT2D eigenvalue weighted by Crippen LogP contribution is 2.44. The van der Waals surface area contributed by atoms with Crippen molar-refractivity contribution in [1.82, 2.24) is 15.5 Å². The van der Waals surface area contributed by atoms with E-state index in [4.69, 9.17) is 4.74 Å². The fourth-order valence-corrected chi connectivity index (χ4v) is 6.02. The molecule has 8 nitrogen and oxygen atoms in total. The highest BCUT2D eigenvalue weighted by molar-refractivity contribution is 6.08. The van der Waals surface area contributed by atoms with Gasteiger partial charge in [0.05, 0.1) is 13.2 Å². The minimum Gasteiger partial charge on any atom is -0.381 e. The van der Waals surface area contributed by atoms with Crippen LogP contribution in [-0.2, 0) is 33.8 Å². The Hall–Kier alpha value is -3.07. The summed E-state index contributed by atoms with van der Waals surface area (Å²) in [4.78, 5) is 39.9. The van der Waals surface area contributed by atoms with Crippen LogP contribution in [0.5, 0.6) is 0 Å². The highest BCUT2D eigenvalue weighted by atomic mass is 16.5. The number of morpholine rings is 1. The molecule has 6 rings (SSSR count). The lowest BCUT2D eigenvalue weighted by atomic mass is 9.76. The van der Waals surface area contributed by atoms with Gasteiger partial charge in [0.25, 0.3) is 0 Å². The Bertz CT molecular complexity index is 1190. The monoisotopic (exact) mass is 488 g/mol. The number of anilines is 1. The first-order valence-corrected chi connectivity index (χ1v) is 12.9. The number of nitrogens with zero attached hydrogens (tertiary/aromatic N) is 1. The number of hydrogen-bond donors (Lipinski definition) is 3. The molecule has 3 fully saturated rings. The van der Waals surface area contributed by atoms with E-state index in [-0.39, 0.29) is 29.6 Å². The van der Waals surface area contributed by atoms with Crippen molar-refractivity contribution < 1.29 is 19.1 Å². The maximum absolute atomic E-state index is 13.4. The average molecular weight is 489 g/mol. The van der Waals surface area contributed by atoms with E-state index in [0.29, 0.717) is 25.8 Å². The van der Waals surface area contributed by atoms with E-state index in [9.17, 15) is 14.4 Å². The van der Waals surface area contributed by atoms with Crippen LogP contribution in [-0.4, -0.2) is 60.4 Å². The number of benzene rings is 2. The maximum atomic E-state index is 13.4. The fraction of sp³-hybridized carbons (Fsp3) is 0.464. The summed E-state index contributed by atoms with van der Waals surface area (Å²) in [5.74, 6) is -0.674. The number of piperidine rings is 1. The van der Waals surface area contributed by atoms with Crippen molar-refractivity contribution >= 4 is 23.3 Å². The van der Waals surface area contributed by atoms with E-state index in [1.807, 2.05) is 18.2 Å². The molecule has 2 amide bonds. The van der Waals surface area contributed by atoms with E-state index in [2.05, 4.69) is 45.1 Å². The van der Waals surface area contributed by atoms with Gasteiger partial charge in [-0.3, -0.25) is 29.9 Å². The number of hydrogen-bond acceptors (Lipinski definition) is 7. The summed E-state index contributed by atoms with van der Waals surface area (Å²) in [6.45, 7) is 5.20. The summed E-state index contributed by atoms with van der Waals surface area (Å²) >= 11 is 0. The number of ether oxygens (including phenoxy) is 1. The fourth-order valence-electron chi connectivity index (χ4n) is 6.02. The molecule has 8 heteroatoms. The normalized spacial score (nSPS) is 28.1. The first kappa shape index (κ1) is 23.3. The minimum absolute atomic E-state index is 0.0893. The van der Waals surface area contributed by atoms with Gasteiger partial charge in [-0.2, -0.15) is 0 Å². The second-order valence-corrected chi connectivity index (χ2v) is 10.4. The molecule has 0 radical (unpaired) electrons. The summed E-state index contributed by atoms with van der Waals surface area (Å²) in [6, 6.07) is 14.4. The van der Waals surface area contributed by atoms with Crippen LogP contribution in [0.3, 0.4) is 0 Å². The van der Waals surface area contributed by atoms with Crippen molar-refractivity contribution in [3.05, 3.63) is 64.7 Å². The van der Waals surface area contributed by atoms with Crippen molar-refractivity contribution in [3.8, 4) is 0 Å². The Kier molecular flexibility index (Phi) is 6.11. The Morgan fingerprint density at radius 3 is 2.56 bits per heavy atom. The van der Waals surface area contributed by atoms with E-state index in [1.165, 1.54) is 11.1 Å². The molecule has 188 valence electrons. The second kappa shape index (κ2) is 9.42. The molecule has 2 aromatic carbocycles. The molecule has 3 atom stereocenters. The lowest BCUT2D eigenvalue weighted by molar-refractivity contribution is -0.135. The van der Waals surface area contributed by atoms with Crippen molar-refractivity contribution in [2.45, 2.75) is 50.4 Å². The maximum Gasteiger partial charge on any atom is 0.248 e. The molecule has 36 heavy (non-hydrogen) atoms. The molecular weight excluding hydrogens is 456 g/mol. The lowest BCUT2D eigenvalue weighted by Crippen LogP contribution is -2.49. The van der Waals surface area contributed by atoms with Gasteiger partial charge in [-0.15, -0.1) is 0 Å². The van der Waals surface area contributed by atoms with E-state index in [0.717, 1.165) is 56.1 Å². The van der Waals surface area contributed by atoms with Crippen molar-refractivity contribution in [1.29, 1.82) is 0 Å². The molecule has 3 N–H and O–H groups in total.